The Balaban J connectivity index is 1.60. The minimum atomic E-state index is -0.234. The van der Waals surface area contributed by atoms with Crippen molar-refractivity contribution in [2.75, 3.05) is 10.6 Å². The number of hydrogen-bond donors (Lipinski definition) is 3. The van der Waals surface area contributed by atoms with Gasteiger partial charge in [0, 0.05) is 18.0 Å². The van der Waals surface area contributed by atoms with Gasteiger partial charge in [0.15, 0.2) is 0 Å². The number of amides is 1. The summed E-state index contributed by atoms with van der Waals surface area (Å²) < 4.78 is 0. The van der Waals surface area contributed by atoms with E-state index in [0.717, 1.165) is 53.5 Å². The number of aliphatic imine (C=N–C) groups is 1. The molecular weight excluding hydrogens is 372 g/mol. The Labute approximate surface area is 170 Å². The number of hydrogen-bond acceptors (Lipinski definition) is 3. The summed E-state index contributed by atoms with van der Waals surface area (Å²) in [4.78, 5) is 16.4. The summed E-state index contributed by atoms with van der Waals surface area (Å²) in [5.74, 6) is 1.00. The van der Waals surface area contributed by atoms with Crippen molar-refractivity contribution >= 4 is 34.7 Å². The fourth-order valence-corrected chi connectivity index (χ4v) is 4.38. The largest absolute Gasteiger partial charge is 0.371 e. The Kier molecular flexibility index (Phi) is 5.27. The molecule has 2 aromatic carbocycles. The number of anilines is 2. The van der Waals surface area contributed by atoms with Gasteiger partial charge in [0.1, 0.15) is 5.84 Å². The van der Waals surface area contributed by atoms with Gasteiger partial charge in [-0.3, -0.25) is 9.79 Å². The van der Waals surface area contributed by atoms with E-state index < -0.39 is 0 Å². The fourth-order valence-electron chi connectivity index (χ4n) is 4.17. The molecule has 1 aliphatic heterocycles. The lowest BCUT2D eigenvalue weighted by atomic mass is 9.77. The summed E-state index contributed by atoms with van der Waals surface area (Å²) in [6.07, 6.45) is 3.67. The normalized spacial score (nSPS) is 24.9. The summed E-state index contributed by atoms with van der Waals surface area (Å²) in [6.45, 7) is 2.16. The average Bonchev–Trinajstić information content (AvgIpc) is 2.68. The number of nitrogens with zero attached hydrogens (tertiary/aromatic N) is 1. The van der Waals surface area contributed by atoms with Crippen LogP contribution in [0.15, 0.2) is 53.5 Å². The molecule has 1 heterocycles. The molecule has 1 fully saturated rings. The van der Waals surface area contributed by atoms with Gasteiger partial charge in [-0.1, -0.05) is 35.9 Å². The van der Waals surface area contributed by atoms with Crippen molar-refractivity contribution in [2.45, 2.75) is 50.7 Å². The van der Waals surface area contributed by atoms with Crippen LogP contribution in [0.4, 0.5) is 11.4 Å². The molecule has 0 unspecified atom stereocenters. The third kappa shape index (κ3) is 3.99. The minimum Gasteiger partial charge on any atom is -0.371 e. The molecule has 1 spiro atoms. The van der Waals surface area contributed by atoms with Gasteiger partial charge in [0.05, 0.1) is 23.5 Å². The van der Waals surface area contributed by atoms with E-state index in [1.54, 1.807) is 6.92 Å². The molecular formula is C22H25ClN4O. The van der Waals surface area contributed by atoms with E-state index in [9.17, 15) is 4.79 Å². The van der Waals surface area contributed by atoms with E-state index in [2.05, 4.69) is 28.1 Å². The molecule has 6 heteroatoms. The first kappa shape index (κ1) is 18.8. The lowest BCUT2D eigenvalue weighted by Crippen LogP contribution is -2.56. The maximum atomic E-state index is 11.4. The maximum Gasteiger partial charge on any atom is 0.217 e. The van der Waals surface area contributed by atoms with Crippen LogP contribution in [0.5, 0.6) is 0 Å². The lowest BCUT2D eigenvalue weighted by Gasteiger charge is -2.45. The number of rotatable bonds is 3. The number of carbonyl (C=O) groups is 1. The van der Waals surface area contributed by atoms with Gasteiger partial charge in [-0.2, -0.15) is 0 Å². The predicted molar refractivity (Wildman–Crippen MR) is 115 cm³/mol. The minimum absolute atomic E-state index is 0.0378. The highest BCUT2D eigenvalue weighted by molar-refractivity contribution is 6.30. The van der Waals surface area contributed by atoms with E-state index in [-0.39, 0.29) is 17.5 Å². The molecule has 28 heavy (non-hydrogen) atoms. The van der Waals surface area contributed by atoms with Crippen LogP contribution < -0.4 is 16.0 Å². The smallest absolute Gasteiger partial charge is 0.217 e. The quantitative estimate of drug-likeness (QED) is 0.710. The molecule has 3 N–H and O–H groups in total. The second-order valence-electron chi connectivity index (χ2n) is 7.65. The molecule has 2 aromatic rings. The number of amidine groups is 1. The van der Waals surface area contributed by atoms with Crippen LogP contribution >= 0.6 is 11.6 Å². The topological polar surface area (TPSA) is 65.5 Å². The van der Waals surface area contributed by atoms with Gasteiger partial charge >= 0.3 is 0 Å². The monoisotopic (exact) mass is 396 g/mol. The van der Waals surface area contributed by atoms with Crippen molar-refractivity contribution < 1.29 is 4.79 Å². The molecule has 0 atom stereocenters. The maximum absolute atomic E-state index is 11.4. The second kappa shape index (κ2) is 7.84. The first-order valence-electron chi connectivity index (χ1n) is 9.75. The summed E-state index contributed by atoms with van der Waals surface area (Å²) in [5, 5.41) is 11.1. The Bertz CT molecular complexity index is 903. The average molecular weight is 397 g/mol. The van der Waals surface area contributed by atoms with Gasteiger partial charge < -0.3 is 16.0 Å². The first-order chi connectivity index (χ1) is 13.5. The zero-order valence-electron chi connectivity index (χ0n) is 16.0. The molecule has 4 rings (SSSR count). The Hall–Kier alpha value is -2.53. The Morgan fingerprint density at radius 3 is 2.64 bits per heavy atom. The third-order valence-corrected chi connectivity index (χ3v) is 5.80. The number of nitrogens with one attached hydrogen (secondary N) is 3. The summed E-state index contributed by atoms with van der Waals surface area (Å²) in [6, 6.07) is 16.3. The van der Waals surface area contributed by atoms with E-state index in [4.69, 9.17) is 16.6 Å². The zero-order valence-corrected chi connectivity index (χ0v) is 16.7. The number of halogens is 1. The van der Waals surface area contributed by atoms with Crippen LogP contribution in [-0.2, 0) is 11.3 Å². The molecule has 0 saturated heterocycles. The second-order valence-corrected chi connectivity index (χ2v) is 8.08. The van der Waals surface area contributed by atoms with Crippen LogP contribution in [-0.4, -0.2) is 23.3 Å². The molecule has 1 saturated carbocycles. The van der Waals surface area contributed by atoms with Crippen molar-refractivity contribution in [2.24, 2.45) is 4.99 Å². The van der Waals surface area contributed by atoms with Crippen LogP contribution in [0.25, 0.3) is 0 Å². The van der Waals surface area contributed by atoms with Crippen LogP contribution in [0.2, 0.25) is 5.02 Å². The SMILES string of the molecule is CC(=O)NC1CCC2(CC1)Nc1ccccc1NC2=NCc1cccc(Cl)c1. The molecule has 0 radical (unpaired) electrons. The van der Waals surface area contributed by atoms with Crippen molar-refractivity contribution in [3.63, 3.8) is 0 Å². The summed E-state index contributed by atoms with van der Waals surface area (Å²) in [5.41, 5.74) is 2.99. The van der Waals surface area contributed by atoms with Crippen LogP contribution in [0.1, 0.15) is 38.2 Å². The van der Waals surface area contributed by atoms with E-state index in [1.807, 2.05) is 36.4 Å². The highest BCUT2D eigenvalue weighted by Gasteiger charge is 2.43. The molecule has 1 amide bonds. The van der Waals surface area contributed by atoms with Gasteiger partial charge in [0.2, 0.25) is 5.91 Å². The third-order valence-electron chi connectivity index (χ3n) is 5.56. The van der Waals surface area contributed by atoms with Gasteiger partial charge in [-0.05, 0) is 55.5 Å². The van der Waals surface area contributed by atoms with E-state index in [1.165, 1.54) is 0 Å². The van der Waals surface area contributed by atoms with Crippen molar-refractivity contribution in [1.29, 1.82) is 0 Å². The number of carbonyl (C=O) groups excluding carboxylic acids is 1. The number of benzene rings is 2. The van der Waals surface area contributed by atoms with Crippen molar-refractivity contribution in [3.05, 3.63) is 59.1 Å². The Morgan fingerprint density at radius 1 is 1.18 bits per heavy atom. The summed E-state index contributed by atoms with van der Waals surface area (Å²) >= 11 is 6.12. The standard InChI is InChI=1S/C22H25ClN4O/c1-15(28)25-18-9-11-22(12-10-18)21(24-14-16-5-4-6-17(23)13-16)26-19-7-2-3-8-20(19)27-22/h2-8,13,18,27H,9-12,14H2,1H3,(H,24,26)(H,25,28). The molecule has 5 nitrogen and oxygen atoms in total. The highest BCUT2D eigenvalue weighted by atomic mass is 35.5. The van der Waals surface area contributed by atoms with Gasteiger partial charge in [-0.25, -0.2) is 0 Å². The molecule has 146 valence electrons. The van der Waals surface area contributed by atoms with Crippen molar-refractivity contribution in [1.82, 2.24) is 5.32 Å². The van der Waals surface area contributed by atoms with Crippen LogP contribution in [0, 0.1) is 0 Å². The summed E-state index contributed by atoms with van der Waals surface area (Å²) in [7, 11) is 0. The molecule has 2 aliphatic rings. The fraction of sp³-hybridized carbons (Fsp3) is 0.364. The van der Waals surface area contributed by atoms with Gasteiger partial charge in [-0.15, -0.1) is 0 Å². The number of para-hydroxylation sites is 2. The molecule has 0 bridgehead atoms. The van der Waals surface area contributed by atoms with E-state index in [0.29, 0.717) is 6.54 Å². The van der Waals surface area contributed by atoms with E-state index >= 15 is 0 Å². The predicted octanol–water partition coefficient (Wildman–Crippen LogP) is 4.59. The highest BCUT2D eigenvalue weighted by Crippen LogP contribution is 2.39. The van der Waals surface area contributed by atoms with Gasteiger partial charge in [0.25, 0.3) is 0 Å². The molecule has 0 aromatic heterocycles. The number of fused-ring (bicyclic) bond motifs is 1. The molecule has 1 aliphatic carbocycles. The zero-order chi connectivity index (χ0) is 19.6. The lowest BCUT2D eigenvalue weighted by molar-refractivity contribution is -0.119. The van der Waals surface area contributed by atoms with Crippen molar-refractivity contribution in [3.8, 4) is 0 Å². The van der Waals surface area contributed by atoms with Crippen LogP contribution in [0.3, 0.4) is 0 Å². The first-order valence-corrected chi connectivity index (χ1v) is 10.1. The Morgan fingerprint density at radius 2 is 1.93 bits per heavy atom.